The molecule has 6 heteroatoms. The second-order valence-electron chi connectivity index (χ2n) is 6.56. The van der Waals surface area contributed by atoms with Crippen LogP contribution in [0.15, 0.2) is 58.2 Å². The molecule has 3 aromatic rings. The van der Waals surface area contributed by atoms with Crippen LogP contribution in [0.4, 0.5) is 5.69 Å². The minimum atomic E-state index is -0.0916. The van der Waals surface area contributed by atoms with Crippen LogP contribution in [0.25, 0.3) is 0 Å². The van der Waals surface area contributed by atoms with Crippen LogP contribution in [0, 0.1) is 13.8 Å². The van der Waals surface area contributed by atoms with E-state index in [0.717, 1.165) is 16.8 Å². The highest BCUT2D eigenvalue weighted by molar-refractivity contribution is 7.99. The average molecular weight is 382 g/mol. The van der Waals surface area contributed by atoms with Gasteiger partial charge in [-0.15, -0.1) is 10.2 Å². The Hall–Kier alpha value is -2.60. The number of rotatable bonds is 7. The summed E-state index contributed by atoms with van der Waals surface area (Å²) >= 11 is 1.25. The van der Waals surface area contributed by atoms with Gasteiger partial charge < -0.3 is 9.73 Å². The van der Waals surface area contributed by atoms with Gasteiger partial charge in [0.1, 0.15) is 0 Å². The summed E-state index contributed by atoms with van der Waals surface area (Å²) in [5, 5.41) is 11.5. The Bertz CT molecular complexity index is 909. The number of benzene rings is 2. The molecule has 0 spiro atoms. The number of hydrogen-bond acceptors (Lipinski definition) is 5. The van der Waals surface area contributed by atoms with Crippen molar-refractivity contribution in [2.75, 3.05) is 11.1 Å². The number of carbonyl (C=O) groups excluding carboxylic acids is 1. The molecule has 1 aromatic heterocycles. The fraction of sp³-hybridized carbons (Fsp3) is 0.286. The van der Waals surface area contributed by atoms with E-state index in [0.29, 0.717) is 17.5 Å². The SMILES string of the molecule is Cc1cccc(NC(=O)CSc2nnc(CC(C)c3ccccc3)o2)c1C. The Morgan fingerprint density at radius 1 is 1.11 bits per heavy atom. The third-order valence-corrected chi connectivity index (χ3v) is 5.32. The molecule has 1 unspecified atom stereocenters. The van der Waals surface area contributed by atoms with Crippen molar-refractivity contribution in [2.45, 2.75) is 38.3 Å². The summed E-state index contributed by atoms with van der Waals surface area (Å²) in [5.74, 6) is 1.01. The van der Waals surface area contributed by atoms with Gasteiger partial charge in [-0.05, 0) is 42.5 Å². The molecule has 0 aliphatic heterocycles. The summed E-state index contributed by atoms with van der Waals surface area (Å²) < 4.78 is 5.68. The van der Waals surface area contributed by atoms with Gasteiger partial charge >= 0.3 is 0 Å². The van der Waals surface area contributed by atoms with Crippen LogP contribution in [0.3, 0.4) is 0 Å². The second kappa shape index (κ2) is 8.86. The maximum absolute atomic E-state index is 12.2. The minimum absolute atomic E-state index is 0.0916. The highest BCUT2D eigenvalue weighted by atomic mass is 32.2. The van der Waals surface area contributed by atoms with E-state index < -0.39 is 0 Å². The number of thioether (sulfide) groups is 1. The maximum Gasteiger partial charge on any atom is 0.277 e. The highest BCUT2D eigenvalue weighted by Crippen LogP contribution is 2.23. The predicted octanol–water partition coefficient (Wildman–Crippen LogP) is 4.76. The summed E-state index contributed by atoms with van der Waals surface area (Å²) in [6.07, 6.45) is 0.673. The van der Waals surface area contributed by atoms with Crippen LogP contribution in [0.5, 0.6) is 0 Å². The first kappa shape index (κ1) is 19.2. The summed E-state index contributed by atoms with van der Waals surface area (Å²) in [4.78, 5) is 12.2. The smallest absolute Gasteiger partial charge is 0.277 e. The van der Waals surface area contributed by atoms with Crippen LogP contribution in [-0.4, -0.2) is 21.9 Å². The molecular formula is C21H23N3O2S. The lowest BCUT2D eigenvalue weighted by molar-refractivity contribution is -0.113. The standard InChI is InChI=1S/C21H23N3O2S/c1-14-8-7-11-18(16(14)3)22-19(25)13-27-21-24-23-20(26-21)12-15(2)17-9-5-4-6-10-17/h4-11,15H,12-13H2,1-3H3,(H,22,25). The molecule has 0 aliphatic rings. The molecule has 1 heterocycles. The molecule has 0 bridgehead atoms. The largest absolute Gasteiger partial charge is 0.416 e. The van der Waals surface area contributed by atoms with Crippen molar-refractivity contribution in [3.8, 4) is 0 Å². The number of anilines is 1. The molecule has 1 N–H and O–H groups in total. The lowest BCUT2D eigenvalue weighted by Gasteiger charge is -2.09. The van der Waals surface area contributed by atoms with Crippen molar-refractivity contribution in [2.24, 2.45) is 0 Å². The normalized spacial score (nSPS) is 12.0. The number of hydrogen-bond donors (Lipinski definition) is 1. The van der Waals surface area contributed by atoms with E-state index in [1.54, 1.807) is 0 Å². The predicted molar refractivity (Wildman–Crippen MR) is 108 cm³/mol. The van der Waals surface area contributed by atoms with E-state index in [1.807, 2.05) is 50.2 Å². The third kappa shape index (κ3) is 5.20. The number of aryl methyl sites for hydroxylation is 1. The summed E-state index contributed by atoms with van der Waals surface area (Å²) in [6, 6.07) is 16.1. The molecule has 0 saturated heterocycles. The average Bonchev–Trinajstić information content (AvgIpc) is 3.12. The van der Waals surface area contributed by atoms with Crippen molar-refractivity contribution >= 4 is 23.4 Å². The Morgan fingerprint density at radius 2 is 1.89 bits per heavy atom. The molecule has 0 aliphatic carbocycles. The van der Waals surface area contributed by atoms with Crippen molar-refractivity contribution in [3.05, 3.63) is 71.1 Å². The van der Waals surface area contributed by atoms with Crippen molar-refractivity contribution < 1.29 is 9.21 Å². The van der Waals surface area contributed by atoms with Crippen LogP contribution >= 0.6 is 11.8 Å². The fourth-order valence-corrected chi connectivity index (χ4v) is 3.32. The lowest BCUT2D eigenvalue weighted by atomic mass is 9.98. The molecular weight excluding hydrogens is 358 g/mol. The quantitative estimate of drug-likeness (QED) is 0.598. The minimum Gasteiger partial charge on any atom is -0.416 e. The zero-order valence-electron chi connectivity index (χ0n) is 15.7. The lowest BCUT2D eigenvalue weighted by Crippen LogP contribution is -2.15. The Morgan fingerprint density at radius 3 is 2.67 bits per heavy atom. The summed E-state index contributed by atoms with van der Waals surface area (Å²) in [7, 11) is 0. The number of nitrogens with one attached hydrogen (secondary N) is 1. The zero-order chi connectivity index (χ0) is 19.2. The van der Waals surface area contributed by atoms with E-state index in [9.17, 15) is 4.79 Å². The molecule has 5 nitrogen and oxygen atoms in total. The van der Waals surface area contributed by atoms with Gasteiger partial charge in [-0.2, -0.15) is 0 Å². The fourth-order valence-electron chi connectivity index (χ4n) is 2.74. The first-order valence-electron chi connectivity index (χ1n) is 8.89. The second-order valence-corrected chi connectivity index (χ2v) is 7.49. The number of carbonyl (C=O) groups is 1. The maximum atomic E-state index is 12.2. The van der Waals surface area contributed by atoms with Crippen molar-refractivity contribution in [1.29, 1.82) is 0 Å². The first-order valence-corrected chi connectivity index (χ1v) is 9.87. The summed E-state index contributed by atoms with van der Waals surface area (Å²) in [5.41, 5.74) is 4.29. The zero-order valence-corrected chi connectivity index (χ0v) is 16.5. The van der Waals surface area contributed by atoms with E-state index in [-0.39, 0.29) is 17.6 Å². The van der Waals surface area contributed by atoms with Crippen LogP contribution < -0.4 is 5.32 Å². The molecule has 1 amide bonds. The topological polar surface area (TPSA) is 68.0 Å². The highest BCUT2D eigenvalue weighted by Gasteiger charge is 2.14. The molecule has 27 heavy (non-hydrogen) atoms. The monoisotopic (exact) mass is 381 g/mol. The van der Waals surface area contributed by atoms with E-state index in [2.05, 4.69) is 34.6 Å². The molecule has 3 rings (SSSR count). The molecule has 2 aromatic carbocycles. The van der Waals surface area contributed by atoms with Gasteiger partial charge in [0.2, 0.25) is 11.8 Å². The van der Waals surface area contributed by atoms with Crippen molar-refractivity contribution in [3.63, 3.8) is 0 Å². The van der Waals surface area contributed by atoms with Gasteiger partial charge in [-0.25, -0.2) is 0 Å². The first-order chi connectivity index (χ1) is 13.0. The van der Waals surface area contributed by atoms with E-state index in [4.69, 9.17) is 4.42 Å². The number of nitrogens with zero attached hydrogens (tertiary/aromatic N) is 2. The Balaban J connectivity index is 1.52. The molecule has 140 valence electrons. The van der Waals surface area contributed by atoms with Gasteiger partial charge in [0.25, 0.3) is 5.22 Å². The van der Waals surface area contributed by atoms with Crippen LogP contribution in [0.1, 0.15) is 35.4 Å². The van der Waals surface area contributed by atoms with E-state index >= 15 is 0 Å². The van der Waals surface area contributed by atoms with Gasteiger partial charge in [0.05, 0.1) is 5.75 Å². The van der Waals surface area contributed by atoms with Gasteiger partial charge in [-0.1, -0.05) is 61.2 Å². The Labute approximate surface area is 163 Å². The van der Waals surface area contributed by atoms with Gasteiger partial charge in [-0.3, -0.25) is 4.79 Å². The van der Waals surface area contributed by atoms with Crippen LogP contribution in [0.2, 0.25) is 0 Å². The van der Waals surface area contributed by atoms with E-state index in [1.165, 1.54) is 17.3 Å². The van der Waals surface area contributed by atoms with Gasteiger partial charge in [0, 0.05) is 12.1 Å². The Kier molecular flexibility index (Phi) is 6.29. The number of amides is 1. The molecule has 0 radical (unpaired) electrons. The molecule has 0 fully saturated rings. The third-order valence-electron chi connectivity index (χ3n) is 4.50. The molecule has 1 atom stereocenters. The van der Waals surface area contributed by atoms with Crippen molar-refractivity contribution in [1.82, 2.24) is 10.2 Å². The number of aromatic nitrogens is 2. The van der Waals surface area contributed by atoms with Gasteiger partial charge in [0.15, 0.2) is 0 Å². The van der Waals surface area contributed by atoms with Crippen LogP contribution in [-0.2, 0) is 11.2 Å². The molecule has 0 saturated carbocycles. The summed E-state index contributed by atoms with van der Waals surface area (Å²) in [6.45, 7) is 6.15.